The van der Waals surface area contributed by atoms with Gasteiger partial charge in [-0.15, -0.1) is 0 Å². The quantitative estimate of drug-likeness (QED) is 0.754. The SMILES string of the molecule is CC(C)(C)OC(=O)NCC(O)C(O)c1ncc(Br)cn1. The minimum Gasteiger partial charge on any atom is -0.444 e. The molecular weight excluding hydrogens is 330 g/mol. The zero-order valence-corrected chi connectivity index (χ0v) is 13.1. The van der Waals surface area contributed by atoms with Crippen LogP contribution in [0.1, 0.15) is 32.7 Å². The number of carbonyl (C=O) groups excluding carboxylic acids is 1. The summed E-state index contributed by atoms with van der Waals surface area (Å²) >= 11 is 3.17. The molecule has 0 aliphatic carbocycles. The maximum atomic E-state index is 11.4. The highest BCUT2D eigenvalue weighted by molar-refractivity contribution is 9.10. The van der Waals surface area contributed by atoms with E-state index in [4.69, 9.17) is 4.74 Å². The number of nitrogens with one attached hydrogen (secondary N) is 1. The molecule has 0 bridgehead atoms. The molecule has 112 valence electrons. The van der Waals surface area contributed by atoms with Gasteiger partial charge in [-0.25, -0.2) is 14.8 Å². The molecule has 7 nitrogen and oxygen atoms in total. The molecule has 1 amide bonds. The lowest BCUT2D eigenvalue weighted by molar-refractivity contribution is 0.00854. The average Bonchev–Trinajstić information content (AvgIpc) is 2.34. The maximum absolute atomic E-state index is 11.4. The van der Waals surface area contributed by atoms with Gasteiger partial charge in [-0.3, -0.25) is 0 Å². The third-order valence-electron chi connectivity index (χ3n) is 2.12. The van der Waals surface area contributed by atoms with Gasteiger partial charge in [-0.1, -0.05) is 0 Å². The highest BCUT2D eigenvalue weighted by Crippen LogP contribution is 2.14. The number of ether oxygens (including phenoxy) is 1. The first-order valence-corrected chi connectivity index (χ1v) is 6.79. The summed E-state index contributed by atoms with van der Waals surface area (Å²) in [6, 6.07) is 0. The van der Waals surface area contributed by atoms with Crippen LogP contribution in [0.2, 0.25) is 0 Å². The van der Waals surface area contributed by atoms with Crippen LogP contribution in [0.3, 0.4) is 0 Å². The fraction of sp³-hybridized carbons (Fsp3) is 0.583. The van der Waals surface area contributed by atoms with Crippen molar-refractivity contribution in [2.75, 3.05) is 6.54 Å². The van der Waals surface area contributed by atoms with Crippen LogP contribution in [-0.2, 0) is 4.74 Å². The second-order valence-corrected chi connectivity index (χ2v) is 6.07. The van der Waals surface area contributed by atoms with Crippen molar-refractivity contribution < 1.29 is 19.7 Å². The van der Waals surface area contributed by atoms with E-state index in [1.165, 1.54) is 12.4 Å². The van der Waals surface area contributed by atoms with E-state index in [-0.39, 0.29) is 12.4 Å². The minimum atomic E-state index is -1.29. The number of halogens is 1. The van der Waals surface area contributed by atoms with Crippen LogP contribution in [0.25, 0.3) is 0 Å². The number of alkyl carbamates (subject to hydrolysis) is 1. The number of aliphatic hydroxyl groups is 2. The molecule has 0 fully saturated rings. The van der Waals surface area contributed by atoms with Crippen LogP contribution in [0.15, 0.2) is 16.9 Å². The van der Waals surface area contributed by atoms with Crippen molar-refractivity contribution in [3.63, 3.8) is 0 Å². The molecule has 1 rings (SSSR count). The monoisotopic (exact) mass is 347 g/mol. The van der Waals surface area contributed by atoms with Gasteiger partial charge in [0, 0.05) is 18.9 Å². The number of nitrogens with zero attached hydrogens (tertiary/aromatic N) is 2. The van der Waals surface area contributed by atoms with E-state index in [1.54, 1.807) is 20.8 Å². The second kappa shape index (κ2) is 6.96. The van der Waals surface area contributed by atoms with E-state index in [0.717, 1.165) is 0 Å². The van der Waals surface area contributed by atoms with Gasteiger partial charge in [-0.2, -0.15) is 0 Å². The molecule has 1 aromatic rings. The molecule has 2 unspecified atom stereocenters. The molecule has 8 heteroatoms. The first kappa shape index (κ1) is 16.8. The smallest absolute Gasteiger partial charge is 0.407 e. The molecule has 0 radical (unpaired) electrons. The Morgan fingerprint density at radius 2 is 1.95 bits per heavy atom. The number of carbonyl (C=O) groups is 1. The summed E-state index contributed by atoms with van der Waals surface area (Å²) in [6.07, 6.45) is -0.277. The first-order chi connectivity index (χ1) is 9.19. The highest BCUT2D eigenvalue weighted by atomic mass is 79.9. The Balaban J connectivity index is 2.48. The molecule has 1 heterocycles. The van der Waals surface area contributed by atoms with E-state index in [2.05, 4.69) is 31.2 Å². The van der Waals surface area contributed by atoms with Gasteiger partial charge in [0.25, 0.3) is 0 Å². The standard InChI is InChI=1S/C12H18BrN3O4/c1-12(2,3)20-11(19)16-6-8(17)9(18)10-14-4-7(13)5-15-10/h4-5,8-9,17-18H,6H2,1-3H3,(H,16,19). The summed E-state index contributed by atoms with van der Waals surface area (Å²) in [4.78, 5) is 19.2. The molecule has 0 aliphatic heterocycles. The van der Waals surface area contributed by atoms with Gasteiger partial charge in [0.2, 0.25) is 0 Å². The Hall–Kier alpha value is -1.25. The summed E-state index contributed by atoms with van der Waals surface area (Å²) < 4.78 is 5.67. The van der Waals surface area contributed by atoms with Crippen molar-refractivity contribution in [1.82, 2.24) is 15.3 Å². The summed E-state index contributed by atoms with van der Waals surface area (Å²) in [5.41, 5.74) is -0.623. The molecule has 0 aliphatic rings. The van der Waals surface area contributed by atoms with Gasteiger partial charge in [-0.05, 0) is 36.7 Å². The van der Waals surface area contributed by atoms with Crippen LogP contribution in [0.4, 0.5) is 4.79 Å². The zero-order valence-electron chi connectivity index (χ0n) is 11.5. The molecule has 3 N–H and O–H groups in total. The Kier molecular flexibility index (Phi) is 5.85. The molecule has 0 saturated carbocycles. The normalized spacial score (nSPS) is 14.5. The predicted octanol–water partition coefficient (Wildman–Crippen LogP) is 1.16. The fourth-order valence-corrected chi connectivity index (χ4v) is 1.47. The lowest BCUT2D eigenvalue weighted by Crippen LogP contribution is -2.39. The maximum Gasteiger partial charge on any atom is 0.407 e. The van der Waals surface area contributed by atoms with Crippen LogP contribution >= 0.6 is 15.9 Å². The molecule has 20 heavy (non-hydrogen) atoms. The van der Waals surface area contributed by atoms with Crippen LogP contribution in [0, 0.1) is 0 Å². The molecule has 1 aromatic heterocycles. The summed E-state index contributed by atoms with van der Waals surface area (Å²) in [5.74, 6) is 0.0756. The van der Waals surface area contributed by atoms with Crippen molar-refractivity contribution in [2.24, 2.45) is 0 Å². The van der Waals surface area contributed by atoms with Crippen molar-refractivity contribution in [3.05, 3.63) is 22.7 Å². The Morgan fingerprint density at radius 1 is 1.40 bits per heavy atom. The van der Waals surface area contributed by atoms with Crippen LogP contribution < -0.4 is 5.32 Å². The lowest BCUT2D eigenvalue weighted by Gasteiger charge is -2.21. The Labute approximate surface area is 125 Å². The minimum absolute atomic E-state index is 0.0756. The number of rotatable bonds is 4. The van der Waals surface area contributed by atoms with E-state index in [1.807, 2.05) is 0 Å². The second-order valence-electron chi connectivity index (χ2n) is 5.15. The fourth-order valence-electron chi connectivity index (χ4n) is 1.26. The van der Waals surface area contributed by atoms with Gasteiger partial charge in [0.15, 0.2) is 5.82 Å². The van der Waals surface area contributed by atoms with E-state index in [9.17, 15) is 15.0 Å². The molecule has 2 atom stereocenters. The zero-order chi connectivity index (χ0) is 15.3. The number of hydrogen-bond donors (Lipinski definition) is 3. The topological polar surface area (TPSA) is 105 Å². The van der Waals surface area contributed by atoms with E-state index >= 15 is 0 Å². The largest absolute Gasteiger partial charge is 0.444 e. The van der Waals surface area contributed by atoms with E-state index in [0.29, 0.717) is 4.47 Å². The Bertz CT molecular complexity index is 447. The number of hydrogen-bond acceptors (Lipinski definition) is 6. The average molecular weight is 348 g/mol. The number of amides is 1. The third kappa shape index (κ3) is 5.81. The van der Waals surface area contributed by atoms with Crippen molar-refractivity contribution in [3.8, 4) is 0 Å². The summed E-state index contributed by atoms with van der Waals surface area (Å²) in [5, 5.41) is 22.0. The van der Waals surface area contributed by atoms with Gasteiger partial charge >= 0.3 is 6.09 Å². The predicted molar refractivity (Wildman–Crippen MR) is 74.9 cm³/mol. The van der Waals surface area contributed by atoms with E-state index < -0.39 is 23.9 Å². The van der Waals surface area contributed by atoms with Crippen molar-refractivity contribution >= 4 is 22.0 Å². The number of aliphatic hydroxyl groups excluding tert-OH is 2. The van der Waals surface area contributed by atoms with Crippen molar-refractivity contribution in [1.29, 1.82) is 0 Å². The lowest BCUT2D eigenvalue weighted by atomic mass is 10.2. The Morgan fingerprint density at radius 3 is 2.45 bits per heavy atom. The van der Waals surface area contributed by atoms with Gasteiger partial charge in [0.1, 0.15) is 17.8 Å². The van der Waals surface area contributed by atoms with Crippen LogP contribution in [-0.4, -0.2) is 44.5 Å². The molecule has 0 saturated heterocycles. The first-order valence-electron chi connectivity index (χ1n) is 5.99. The highest BCUT2D eigenvalue weighted by Gasteiger charge is 2.23. The summed E-state index contributed by atoms with van der Waals surface area (Å²) in [7, 11) is 0. The molecular formula is C12H18BrN3O4. The van der Waals surface area contributed by atoms with Gasteiger partial charge < -0.3 is 20.3 Å². The molecule has 0 aromatic carbocycles. The number of aromatic nitrogens is 2. The van der Waals surface area contributed by atoms with Crippen molar-refractivity contribution in [2.45, 2.75) is 38.6 Å². The molecule has 0 spiro atoms. The summed E-state index contributed by atoms with van der Waals surface area (Å²) in [6.45, 7) is 5.02. The van der Waals surface area contributed by atoms with Gasteiger partial charge in [0.05, 0.1) is 4.47 Å². The third-order valence-corrected chi connectivity index (χ3v) is 2.53. The van der Waals surface area contributed by atoms with Crippen LogP contribution in [0.5, 0.6) is 0 Å².